The topological polar surface area (TPSA) is 122 Å². The Balaban J connectivity index is 2.53. The number of halogens is 2. The number of carbonyl (C=O) groups is 1. The lowest BCUT2D eigenvalue weighted by Gasteiger charge is -2.16. The Morgan fingerprint density at radius 1 is 1.31 bits per heavy atom. The Hall–Kier alpha value is -1.23. The number of carbonyl (C=O) groups excluding carboxylic acids is 1. The Morgan fingerprint density at radius 3 is 2.45 bits per heavy atom. The smallest absolute Gasteiger partial charge is 0.280 e. The minimum Gasteiger partial charge on any atom is -0.389 e. The van der Waals surface area contributed by atoms with Crippen molar-refractivity contribution < 1.29 is 18.3 Å². The van der Waals surface area contributed by atoms with Crippen LogP contribution < -0.4 is 10.5 Å². The molecule has 0 saturated carbocycles. The Bertz CT molecular complexity index is 1030. The maximum atomic E-state index is 12.5. The maximum absolute atomic E-state index is 12.5. The lowest BCUT2D eigenvalue weighted by Crippen LogP contribution is -2.38. The van der Waals surface area contributed by atoms with Crippen LogP contribution in [0.25, 0.3) is 10.4 Å². The Labute approximate surface area is 184 Å². The number of hydrogen-bond donors (Lipinski definition) is 3. The van der Waals surface area contributed by atoms with Gasteiger partial charge in [-0.3, -0.25) is 4.79 Å². The summed E-state index contributed by atoms with van der Waals surface area (Å²) in [6, 6.07) is 2.79. The molecule has 0 aliphatic rings. The van der Waals surface area contributed by atoms with Crippen LogP contribution in [0.3, 0.4) is 0 Å². The second-order valence-corrected chi connectivity index (χ2v) is 11.0. The predicted molar refractivity (Wildman–Crippen MR) is 116 cm³/mol. The van der Waals surface area contributed by atoms with Crippen LogP contribution in [0.5, 0.6) is 0 Å². The molecule has 1 aromatic heterocycles. The highest BCUT2D eigenvalue weighted by molar-refractivity contribution is 7.89. The third kappa shape index (κ3) is 6.13. The molecule has 160 valence electrons. The molecule has 29 heavy (non-hydrogen) atoms. The summed E-state index contributed by atoms with van der Waals surface area (Å²) in [5, 5.41) is 17.7. The first-order valence-corrected chi connectivity index (χ1v) is 11.8. The number of amides is 1. The van der Waals surface area contributed by atoms with Gasteiger partial charge in [0.25, 0.3) is 5.91 Å². The quantitative estimate of drug-likeness (QED) is 0.560. The van der Waals surface area contributed by atoms with E-state index in [-0.39, 0.29) is 32.4 Å². The van der Waals surface area contributed by atoms with E-state index in [4.69, 9.17) is 28.3 Å². The van der Waals surface area contributed by atoms with E-state index in [0.29, 0.717) is 22.6 Å². The van der Waals surface area contributed by atoms with Crippen LogP contribution in [-0.4, -0.2) is 36.6 Å². The van der Waals surface area contributed by atoms with Gasteiger partial charge >= 0.3 is 0 Å². The number of hydrogen-bond acceptors (Lipinski definition) is 6. The van der Waals surface area contributed by atoms with Crippen molar-refractivity contribution in [1.29, 1.82) is 0 Å². The predicted octanol–water partition coefficient (Wildman–Crippen LogP) is 3.46. The first-order chi connectivity index (χ1) is 13.2. The molecular formula is C18H23Cl2N3O4S2. The summed E-state index contributed by atoms with van der Waals surface area (Å²) >= 11 is 13.6. The number of rotatable bonds is 7. The first kappa shape index (κ1) is 24.0. The number of aromatic nitrogens is 1. The highest BCUT2D eigenvalue weighted by atomic mass is 35.5. The summed E-state index contributed by atoms with van der Waals surface area (Å²) < 4.78 is 23.3. The Morgan fingerprint density at radius 2 is 1.93 bits per heavy atom. The molecule has 2 aromatic rings. The van der Waals surface area contributed by atoms with E-state index < -0.39 is 21.5 Å². The fourth-order valence-electron chi connectivity index (χ4n) is 2.48. The van der Waals surface area contributed by atoms with E-state index in [0.717, 1.165) is 11.3 Å². The van der Waals surface area contributed by atoms with Gasteiger partial charge in [-0.05, 0) is 32.3 Å². The molecular weight excluding hydrogens is 457 g/mol. The first-order valence-electron chi connectivity index (χ1n) is 8.72. The second kappa shape index (κ2) is 8.87. The molecule has 2 rings (SSSR count). The molecule has 0 bridgehead atoms. The van der Waals surface area contributed by atoms with Crippen LogP contribution in [0, 0.1) is 5.92 Å². The zero-order chi connectivity index (χ0) is 22.1. The average Bonchev–Trinajstić information content (AvgIpc) is 2.96. The van der Waals surface area contributed by atoms with Gasteiger partial charge < -0.3 is 10.4 Å². The Kier molecular flexibility index (Phi) is 7.35. The SMILES string of the molecule is CC(C)Cc1nc(C(=O)NCC(C)(C)O)sc1-c1ccc(S(N)(=O)=O)c(Cl)c1Cl. The molecule has 7 nitrogen and oxygen atoms in total. The van der Waals surface area contributed by atoms with E-state index in [2.05, 4.69) is 10.3 Å². The van der Waals surface area contributed by atoms with Crippen molar-refractivity contribution in [3.05, 3.63) is 32.9 Å². The molecule has 11 heteroatoms. The van der Waals surface area contributed by atoms with E-state index >= 15 is 0 Å². The molecule has 1 heterocycles. The third-order valence-corrected chi connectivity index (χ3v) is 6.85. The van der Waals surface area contributed by atoms with Gasteiger partial charge in [0.05, 0.1) is 26.2 Å². The number of nitrogens with zero attached hydrogens (tertiary/aromatic N) is 1. The number of aliphatic hydroxyl groups is 1. The van der Waals surface area contributed by atoms with Gasteiger partial charge in [-0.2, -0.15) is 0 Å². The zero-order valence-electron chi connectivity index (χ0n) is 16.4. The van der Waals surface area contributed by atoms with Gasteiger partial charge in [-0.15, -0.1) is 11.3 Å². The van der Waals surface area contributed by atoms with Crippen molar-refractivity contribution in [2.24, 2.45) is 11.1 Å². The molecule has 0 spiro atoms. The zero-order valence-corrected chi connectivity index (χ0v) is 19.6. The minimum absolute atomic E-state index is 0.0234. The summed E-state index contributed by atoms with van der Waals surface area (Å²) in [4.78, 5) is 17.3. The highest BCUT2D eigenvalue weighted by Gasteiger charge is 2.24. The minimum atomic E-state index is -4.03. The van der Waals surface area contributed by atoms with Crippen LogP contribution in [0.2, 0.25) is 10.0 Å². The van der Waals surface area contributed by atoms with Crippen molar-refractivity contribution in [2.45, 2.75) is 44.6 Å². The number of primary sulfonamides is 1. The normalized spacial score (nSPS) is 12.4. The van der Waals surface area contributed by atoms with Gasteiger partial charge in [0, 0.05) is 12.1 Å². The van der Waals surface area contributed by atoms with E-state index in [1.165, 1.54) is 12.1 Å². The van der Waals surface area contributed by atoms with Gasteiger partial charge in [0.1, 0.15) is 4.90 Å². The highest BCUT2D eigenvalue weighted by Crippen LogP contribution is 2.41. The van der Waals surface area contributed by atoms with Gasteiger partial charge in [0.15, 0.2) is 5.01 Å². The van der Waals surface area contributed by atoms with Crippen LogP contribution >= 0.6 is 34.5 Å². The fraction of sp³-hybridized carbons (Fsp3) is 0.444. The maximum Gasteiger partial charge on any atom is 0.280 e. The molecule has 0 atom stereocenters. The molecule has 0 unspecified atom stereocenters. The standard InChI is InChI=1S/C18H23Cl2N3O4S2/c1-9(2)7-11-15(28-17(23-11)16(24)22-8-18(3,4)25)10-5-6-12(29(21,26)27)14(20)13(10)19/h5-6,9,25H,7-8H2,1-4H3,(H,22,24)(H2,21,26,27). The van der Waals surface area contributed by atoms with Crippen molar-refractivity contribution in [3.63, 3.8) is 0 Å². The van der Waals surface area contributed by atoms with Gasteiger partial charge in [-0.1, -0.05) is 43.1 Å². The summed E-state index contributed by atoms with van der Waals surface area (Å²) in [6.45, 7) is 7.25. The molecule has 0 radical (unpaired) electrons. The lowest BCUT2D eigenvalue weighted by molar-refractivity contribution is 0.0694. The number of nitrogens with two attached hydrogens (primary N) is 1. The molecule has 0 fully saturated rings. The monoisotopic (exact) mass is 479 g/mol. The summed E-state index contributed by atoms with van der Waals surface area (Å²) in [7, 11) is -4.03. The summed E-state index contributed by atoms with van der Waals surface area (Å²) in [6.07, 6.45) is 0.579. The summed E-state index contributed by atoms with van der Waals surface area (Å²) in [5.41, 5.74) is 0.0650. The van der Waals surface area contributed by atoms with Crippen LogP contribution in [0.15, 0.2) is 17.0 Å². The van der Waals surface area contributed by atoms with Crippen molar-refractivity contribution >= 4 is 50.5 Å². The molecule has 1 amide bonds. The average molecular weight is 480 g/mol. The van der Waals surface area contributed by atoms with Crippen molar-refractivity contribution in [3.8, 4) is 10.4 Å². The lowest BCUT2D eigenvalue weighted by atomic mass is 10.0. The molecule has 1 aromatic carbocycles. The second-order valence-electron chi connectivity index (χ2n) is 7.67. The van der Waals surface area contributed by atoms with Crippen molar-refractivity contribution in [1.82, 2.24) is 10.3 Å². The van der Waals surface area contributed by atoms with Gasteiger partial charge in [-0.25, -0.2) is 18.5 Å². The number of nitrogens with one attached hydrogen (secondary N) is 1. The molecule has 0 aliphatic heterocycles. The number of benzene rings is 1. The summed E-state index contributed by atoms with van der Waals surface area (Å²) in [5.74, 6) is -0.169. The fourth-order valence-corrected chi connectivity index (χ4v) is 4.99. The number of sulfonamides is 1. The molecule has 0 saturated heterocycles. The van der Waals surface area contributed by atoms with Crippen LogP contribution in [0.1, 0.15) is 43.2 Å². The van der Waals surface area contributed by atoms with Crippen molar-refractivity contribution in [2.75, 3.05) is 6.54 Å². The molecule has 4 N–H and O–H groups in total. The van der Waals surface area contributed by atoms with E-state index in [9.17, 15) is 18.3 Å². The van der Waals surface area contributed by atoms with Crippen LogP contribution in [-0.2, 0) is 16.4 Å². The number of thiazole rings is 1. The van der Waals surface area contributed by atoms with E-state index in [1.807, 2.05) is 13.8 Å². The van der Waals surface area contributed by atoms with E-state index in [1.54, 1.807) is 13.8 Å². The van der Waals surface area contributed by atoms with Gasteiger partial charge in [0.2, 0.25) is 10.0 Å². The molecule has 0 aliphatic carbocycles. The third-order valence-electron chi connectivity index (χ3n) is 3.77. The largest absolute Gasteiger partial charge is 0.389 e. The van der Waals surface area contributed by atoms with Crippen LogP contribution in [0.4, 0.5) is 0 Å².